The molecule has 1 unspecified atom stereocenters. The van der Waals surface area contributed by atoms with E-state index in [1.807, 2.05) is 4.90 Å². The summed E-state index contributed by atoms with van der Waals surface area (Å²) >= 11 is 0. The lowest BCUT2D eigenvalue weighted by molar-refractivity contribution is -0.181. The van der Waals surface area contributed by atoms with Crippen LogP contribution in [0.2, 0.25) is 0 Å². The topological polar surface area (TPSA) is 50.8 Å². The SMILES string of the molecule is CC(NC(=O)N1CCC2(CC1)OCCO2)C12CC3CC(CC(C3)C1)C2. The number of likely N-dealkylation sites (tertiary alicyclic amines) is 1. The van der Waals surface area contributed by atoms with Crippen molar-refractivity contribution < 1.29 is 14.3 Å². The van der Waals surface area contributed by atoms with Gasteiger partial charge in [0.2, 0.25) is 0 Å². The van der Waals surface area contributed by atoms with Gasteiger partial charge in [-0.2, -0.15) is 0 Å². The molecule has 5 heteroatoms. The Kier molecular flexibility index (Phi) is 3.83. The fourth-order valence-corrected chi connectivity index (χ4v) is 6.97. The average molecular weight is 348 g/mol. The molecule has 0 aromatic carbocycles. The highest BCUT2D eigenvalue weighted by Gasteiger charge is 2.53. The maximum absolute atomic E-state index is 12.8. The van der Waals surface area contributed by atoms with Gasteiger partial charge in [-0.05, 0) is 68.6 Å². The van der Waals surface area contributed by atoms with E-state index in [-0.39, 0.29) is 6.03 Å². The van der Waals surface area contributed by atoms with E-state index in [1.54, 1.807) is 0 Å². The molecule has 2 aliphatic heterocycles. The maximum Gasteiger partial charge on any atom is 0.317 e. The van der Waals surface area contributed by atoms with Crippen LogP contribution in [0.3, 0.4) is 0 Å². The number of nitrogens with zero attached hydrogens (tertiary/aromatic N) is 1. The first-order chi connectivity index (χ1) is 12.1. The number of rotatable bonds is 2. The lowest BCUT2D eigenvalue weighted by Crippen LogP contribution is -2.58. The Labute approximate surface area is 150 Å². The van der Waals surface area contributed by atoms with Crippen molar-refractivity contribution in [1.82, 2.24) is 10.2 Å². The van der Waals surface area contributed by atoms with Crippen LogP contribution in [0.15, 0.2) is 0 Å². The minimum absolute atomic E-state index is 0.121. The molecule has 4 saturated carbocycles. The van der Waals surface area contributed by atoms with Gasteiger partial charge in [-0.3, -0.25) is 0 Å². The van der Waals surface area contributed by atoms with Crippen molar-refractivity contribution >= 4 is 6.03 Å². The van der Waals surface area contributed by atoms with Gasteiger partial charge in [-0.25, -0.2) is 4.79 Å². The van der Waals surface area contributed by atoms with Gasteiger partial charge in [0.15, 0.2) is 5.79 Å². The lowest BCUT2D eigenvalue weighted by atomic mass is 9.48. The quantitative estimate of drug-likeness (QED) is 0.834. The minimum Gasteiger partial charge on any atom is -0.347 e. The summed E-state index contributed by atoms with van der Waals surface area (Å²) in [5.41, 5.74) is 0.374. The van der Waals surface area contributed by atoms with Gasteiger partial charge in [0.1, 0.15) is 0 Å². The summed E-state index contributed by atoms with van der Waals surface area (Å²) in [6.45, 7) is 5.11. The van der Waals surface area contributed by atoms with E-state index in [0.29, 0.717) is 24.7 Å². The Hall–Kier alpha value is -0.810. The fourth-order valence-electron chi connectivity index (χ4n) is 6.97. The molecule has 4 bridgehead atoms. The molecule has 4 aliphatic carbocycles. The smallest absolute Gasteiger partial charge is 0.317 e. The largest absolute Gasteiger partial charge is 0.347 e. The maximum atomic E-state index is 12.8. The highest BCUT2D eigenvalue weighted by Crippen LogP contribution is 2.61. The van der Waals surface area contributed by atoms with Crippen molar-refractivity contribution in [2.24, 2.45) is 23.2 Å². The van der Waals surface area contributed by atoms with Crippen LogP contribution in [-0.2, 0) is 9.47 Å². The van der Waals surface area contributed by atoms with Gasteiger partial charge in [0.25, 0.3) is 0 Å². The first-order valence-corrected chi connectivity index (χ1v) is 10.4. The third-order valence-electron chi connectivity index (χ3n) is 7.97. The third kappa shape index (κ3) is 2.78. The van der Waals surface area contributed by atoms with E-state index in [2.05, 4.69) is 12.2 Å². The van der Waals surface area contributed by atoms with Gasteiger partial charge in [0.05, 0.1) is 13.2 Å². The third-order valence-corrected chi connectivity index (χ3v) is 7.97. The molecule has 0 aromatic rings. The number of piperidine rings is 1. The molecular formula is C20H32N2O3. The van der Waals surface area contributed by atoms with Crippen LogP contribution in [-0.4, -0.2) is 49.1 Å². The number of urea groups is 1. The molecule has 0 aromatic heterocycles. The van der Waals surface area contributed by atoms with Crippen LogP contribution in [0.4, 0.5) is 4.79 Å². The molecule has 6 aliphatic rings. The number of carbonyl (C=O) groups is 1. The molecule has 1 N–H and O–H groups in total. The molecule has 1 spiro atoms. The summed E-state index contributed by atoms with van der Waals surface area (Å²) in [7, 11) is 0. The molecule has 5 nitrogen and oxygen atoms in total. The van der Waals surface area contributed by atoms with Crippen molar-refractivity contribution in [2.45, 2.75) is 70.1 Å². The number of amides is 2. The molecule has 1 atom stereocenters. The summed E-state index contributed by atoms with van der Waals surface area (Å²) < 4.78 is 11.5. The molecule has 140 valence electrons. The highest BCUT2D eigenvalue weighted by molar-refractivity contribution is 5.74. The number of nitrogens with one attached hydrogen (secondary N) is 1. The number of carbonyl (C=O) groups excluding carboxylic acids is 1. The Morgan fingerprint density at radius 3 is 2.04 bits per heavy atom. The van der Waals surface area contributed by atoms with Gasteiger partial charge in [-0.1, -0.05) is 0 Å². The molecule has 6 rings (SSSR count). The zero-order valence-corrected chi connectivity index (χ0v) is 15.5. The molecular weight excluding hydrogens is 316 g/mol. The monoisotopic (exact) mass is 348 g/mol. The first-order valence-electron chi connectivity index (χ1n) is 10.4. The minimum atomic E-state index is -0.400. The van der Waals surface area contributed by atoms with Gasteiger partial charge < -0.3 is 19.7 Å². The average Bonchev–Trinajstić information content (AvgIpc) is 3.02. The van der Waals surface area contributed by atoms with E-state index in [1.165, 1.54) is 38.5 Å². The predicted octanol–water partition coefficient (Wildman–Crippen LogP) is 3.14. The van der Waals surface area contributed by atoms with E-state index in [0.717, 1.165) is 43.7 Å². The van der Waals surface area contributed by atoms with Crippen LogP contribution in [0, 0.1) is 23.2 Å². The van der Waals surface area contributed by atoms with E-state index >= 15 is 0 Å². The zero-order valence-electron chi connectivity index (χ0n) is 15.5. The molecule has 2 amide bonds. The second-order valence-corrected chi connectivity index (χ2v) is 9.55. The van der Waals surface area contributed by atoms with Crippen molar-refractivity contribution in [3.63, 3.8) is 0 Å². The number of hydrogen-bond acceptors (Lipinski definition) is 3. The first kappa shape index (κ1) is 16.4. The Morgan fingerprint density at radius 1 is 1.00 bits per heavy atom. The Balaban J connectivity index is 1.20. The van der Waals surface area contributed by atoms with Gasteiger partial charge >= 0.3 is 6.03 Å². The molecule has 6 fully saturated rings. The Bertz CT molecular complexity index is 498. The number of hydrogen-bond donors (Lipinski definition) is 1. The van der Waals surface area contributed by atoms with E-state index in [4.69, 9.17) is 9.47 Å². The summed E-state index contributed by atoms with van der Waals surface area (Å²) in [6.07, 6.45) is 9.97. The van der Waals surface area contributed by atoms with Crippen molar-refractivity contribution in [1.29, 1.82) is 0 Å². The lowest BCUT2D eigenvalue weighted by Gasteiger charge is -2.59. The molecule has 2 heterocycles. The van der Waals surface area contributed by atoms with Gasteiger partial charge in [0, 0.05) is 32.0 Å². The van der Waals surface area contributed by atoms with Crippen LogP contribution >= 0.6 is 0 Å². The second-order valence-electron chi connectivity index (χ2n) is 9.55. The highest BCUT2D eigenvalue weighted by atomic mass is 16.7. The normalized spacial score (nSPS) is 42.8. The van der Waals surface area contributed by atoms with E-state index < -0.39 is 5.79 Å². The van der Waals surface area contributed by atoms with Crippen LogP contribution < -0.4 is 5.32 Å². The van der Waals surface area contributed by atoms with Gasteiger partial charge in [-0.15, -0.1) is 0 Å². The molecule has 25 heavy (non-hydrogen) atoms. The predicted molar refractivity (Wildman–Crippen MR) is 94.0 cm³/mol. The summed E-state index contributed by atoms with van der Waals surface area (Å²) in [5.74, 6) is 2.38. The Morgan fingerprint density at radius 2 is 1.52 bits per heavy atom. The van der Waals surface area contributed by atoms with Crippen molar-refractivity contribution in [3.8, 4) is 0 Å². The van der Waals surface area contributed by atoms with Crippen LogP contribution in [0.5, 0.6) is 0 Å². The van der Waals surface area contributed by atoms with Crippen LogP contribution in [0.1, 0.15) is 58.3 Å². The second kappa shape index (κ2) is 5.85. The fraction of sp³-hybridized carbons (Fsp3) is 0.950. The van der Waals surface area contributed by atoms with Crippen molar-refractivity contribution in [3.05, 3.63) is 0 Å². The standard InChI is InChI=1S/C20H32N2O3/c1-14(19-11-15-8-16(12-19)10-17(9-15)13-19)21-18(23)22-4-2-20(3-5-22)24-6-7-25-20/h14-17H,2-13H2,1H3,(H,21,23). The molecule has 2 saturated heterocycles. The summed E-state index contributed by atoms with van der Waals surface area (Å²) in [4.78, 5) is 14.8. The summed E-state index contributed by atoms with van der Waals surface area (Å²) in [5, 5.41) is 3.39. The number of ether oxygens (including phenoxy) is 2. The van der Waals surface area contributed by atoms with Crippen molar-refractivity contribution in [2.75, 3.05) is 26.3 Å². The summed E-state index contributed by atoms with van der Waals surface area (Å²) in [6, 6.07) is 0.416. The zero-order chi connectivity index (χ0) is 17.1. The van der Waals surface area contributed by atoms with E-state index in [9.17, 15) is 4.79 Å². The van der Waals surface area contributed by atoms with Crippen LogP contribution in [0.25, 0.3) is 0 Å². The molecule has 0 radical (unpaired) electrons.